The lowest BCUT2D eigenvalue weighted by Gasteiger charge is -2.10. The zero-order valence-corrected chi connectivity index (χ0v) is 10.7. The number of carboxylic acid groups (broad SMARTS) is 1. The molecule has 0 aliphatic heterocycles. The number of rotatable bonds is 4. The summed E-state index contributed by atoms with van der Waals surface area (Å²) in [6.45, 7) is 1.03. The normalized spacial score (nSPS) is 12.1. The van der Waals surface area contributed by atoms with Crippen molar-refractivity contribution < 1.29 is 14.7 Å². The van der Waals surface area contributed by atoms with E-state index in [1.807, 2.05) is 0 Å². The molecular formula is C13H13N3O4. The van der Waals surface area contributed by atoms with Crippen molar-refractivity contribution in [2.75, 3.05) is 0 Å². The molecule has 1 heterocycles. The van der Waals surface area contributed by atoms with E-state index in [1.54, 1.807) is 24.3 Å². The van der Waals surface area contributed by atoms with Crippen LogP contribution in [0.25, 0.3) is 10.8 Å². The second kappa shape index (κ2) is 5.52. The number of benzene rings is 1. The van der Waals surface area contributed by atoms with Crippen molar-refractivity contribution in [2.45, 2.75) is 19.5 Å². The Balaban J connectivity index is 2.22. The summed E-state index contributed by atoms with van der Waals surface area (Å²) in [5, 5.41) is 16.0. The number of amides is 1. The highest BCUT2D eigenvalue weighted by Gasteiger charge is 2.15. The van der Waals surface area contributed by atoms with Gasteiger partial charge in [-0.15, -0.1) is 0 Å². The lowest BCUT2D eigenvalue weighted by molar-refractivity contribution is -0.141. The predicted octanol–water partition coefficient (Wildman–Crippen LogP) is -0.0142. The van der Waals surface area contributed by atoms with Gasteiger partial charge in [0.2, 0.25) is 5.91 Å². The summed E-state index contributed by atoms with van der Waals surface area (Å²) in [4.78, 5) is 34.4. The lowest BCUT2D eigenvalue weighted by atomic mass is 10.2. The molecule has 1 aromatic carbocycles. The average Bonchev–Trinajstić information content (AvgIpc) is 2.42. The van der Waals surface area contributed by atoms with E-state index in [2.05, 4.69) is 10.4 Å². The van der Waals surface area contributed by atoms with Crippen LogP contribution >= 0.6 is 0 Å². The van der Waals surface area contributed by atoms with Crippen LogP contribution in [0.1, 0.15) is 6.92 Å². The largest absolute Gasteiger partial charge is 0.480 e. The molecule has 0 aliphatic rings. The van der Waals surface area contributed by atoms with Gasteiger partial charge in [0.05, 0.1) is 11.6 Å². The quantitative estimate of drug-likeness (QED) is 0.817. The molecular weight excluding hydrogens is 262 g/mol. The maximum absolute atomic E-state index is 12.1. The highest BCUT2D eigenvalue weighted by atomic mass is 16.4. The summed E-state index contributed by atoms with van der Waals surface area (Å²) in [7, 11) is 0. The molecule has 1 atom stereocenters. The second-order valence-corrected chi connectivity index (χ2v) is 4.32. The summed E-state index contributed by atoms with van der Waals surface area (Å²) in [5.74, 6) is -1.72. The molecule has 0 saturated carbocycles. The minimum absolute atomic E-state index is 0.318. The number of carbonyl (C=O) groups is 2. The molecule has 7 nitrogen and oxygen atoms in total. The first kappa shape index (κ1) is 13.7. The number of carboxylic acids is 1. The van der Waals surface area contributed by atoms with Crippen LogP contribution in [0.2, 0.25) is 0 Å². The minimum atomic E-state index is -1.14. The summed E-state index contributed by atoms with van der Waals surface area (Å²) >= 11 is 0. The van der Waals surface area contributed by atoms with Crippen molar-refractivity contribution in [1.82, 2.24) is 15.1 Å². The molecule has 20 heavy (non-hydrogen) atoms. The third-order valence-corrected chi connectivity index (χ3v) is 2.80. The van der Waals surface area contributed by atoms with Gasteiger partial charge in [0.25, 0.3) is 5.56 Å². The number of fused-ring (bicyclic) bond motifs is 1. The molecule has 0 bridgehead atoms. The van der Waals surface area contributed by atoms with Gasteiger partial charge >= 0.3 is 5.97 Å². The molecule has 7 heteroatoms. The van der Waals surface area contributed by atoms with E-state index in [9.17, 15) is 14.4 Å². The van der Waals surface area contributed by atoms with Gasteiger partial charge in [-0.05, 0) is 13.0 Å². The molecule has 1 amide bonds. The van der Waals surface area contributed by atoms with Crippen LogP contribution in [-0.4, -0.2) is 32.8 Å². The maximum atomic E-state index is 12.1. The van der Waals surface area contributed by atoms with E-state index < -0.39 is 17.9 Å². The first-order valence-electron chi connectivity index (χ1n) is 5.96. The Hall–Kier alpha value is -2.70. The highest BCUT2D eigenvalue weighted by Crippen LogP contribution is 2.06. The summed E-state index contributed by atoms with van der Waals surface area (Å²) in [5.41, 5.74) is -0.388. The Morgan fingerprint density at radius 1 is 1.40 bits per heavy atom. The Kier molecular flexibility index (Phi) is 3.79. The van der Waals surface area contributed by atoms with Crippen molar-refractivity contribution in [3.63, 3.8) is 0 Å². The van der Waals surface area contributed by atoms with Crippen LogP contribution in [0.3, 0.4) is 0 Å². The molecule has 2 aromatic rings. The van der Waals surface area contributed by atoms with Gasteiger partial charge in [-0.2, -0.15) is 5.10 Å². The molecule has 0 spiro atoms. The maximum Gasteiger partial charge on any atom is 0.325 e. The van der Waals surface area contributed by atoms with E-state index in [4.69, 9.17) is 5.11 Å². The zero-order valence-electron chi connectivity index (χ0n) is 10.7. The SMILES string of the molecule is C[C@@H](NC(=O)Cn1ncc2ccccc2c1=O)C(=O)O. The lowest BCUT2D eigenvalue weighted by Crippen LogP contribution is -2.41. The number of nitrogens with one attached hydrogen (secondary N) is 1. The number of nitrogens with zero attached hydrogens (tertiary/aromatic N) is 2. The van der Waals surface area contributed by atoms with Crippen molar-refractivity contribution in [1.29, 1.82) is 0 Å². The van der Waals surface area contributed by atoms with E-state index in [1.165, 1.54) is 13.1 Å². The van der Waals surface area contributed by atoms with Crippen LogP contribution in [0.5, 0.6) is 0 Å². The van der Waals surface area contributed by atoms with Crippen molar-refractivity contribution in [3.8, 4) is 0 Å². The van der Waals surface area contributed by atoms with Crippen LogP contribution in [0.4, 0.5) is 0 Å². The Bertz CT molecular complexity index is 723. The van der Waals surface area contributed by atoms with E-state index in [0.717, 1.165) is 4.68 Å². The van der Waals surface area contributed by atoms with Crippen LogP contribution in [-0.2, 0) is 16.1 Å². The molecule has 0 aliphatic carbocycles. The fourth-order valence-electron chi connectivity index (χ4n) is 1.73. The van der Waals surface area contributed by atoms with E-state index in [-0.39, 0.29) is 12.1 Å². The van der Waals surface area contributed by atoms with E-state index in [0.29, 0.717) is 10.8 Å². The number of aliphatic carboxylic acids is 1. The number of hydrogen-bond donors (Lipinski definition) is 2. The number of carbonyl (C=O) groups excluding carboxylic acids is 1. The van der Waals surface area contributed by atoms with Gasteiger partial charge in [0.1, 0.15) is 12.6 Å². The van der Waals surface area contributed by atoms with Gasteiger partial charge in [0.15, 0.2) is 0 Å². The van der Waals surface area contributed by atoms with Crippen molar-refractivity contribution >= 4 is 22.6 Å². The fraction of sp³-hybridized carbons (Fsp3) is 0.231. The van der Waals surface area contributed by atoms with Gasteiger partial charge in [-0.3, -0.25) is 14.4 Å². The van der Waals surface area contributed by atoms with E-state index >= 15 is 0 Å². The molecule has 104 valence electrons. The molecule has 0 radical (unpaired) electrons. The third kappa shape index (κ3) is 2.82. The second-order valence-electron chi connectivity index (χ2n) is 4.32. The van der Waals surface area contributed by atoms with Crippen LogP contribution in [0, 0.1) is 0 Å². The number of hydrogen-bond acceptors (Lipinski definition) is 4. The molecule has 0 saturated heterocycles. The summed E-state index contributed by atoms with van der Waals surface area (Å²) in [6, 6.07) is 5.89. The molecule has 2 rings (SSSR count). The van der Waals surface area contributed by atoms with Gasteiger partial charge in [0, 0.05) is 5.39 Å². The van der Waals surface area contributed by atoms with Crippen molar-refractivity contribution in [3.05, 3.63) is 40.8 Å². The summed E-state index contributed by atoms with van der Waals surface area (Å²) < 4.78 is 1.01. The van der Waals surface area contributed by atoms with Gasteiger partial charge < -0.3 is 10.4 Å². The highest BCUT2D eigenvalue weighted by molar-refractivity contribution is 5.84. The van der Waals surface area contributed by atoms with Crippen molar-refractivity contribution in [2.24, 2.45) is 0 Å². The zero-order chi connectivity index (χ0) is 14.7. The molecule has 1 aromatic heterocycles. The van der Waals surface area contributed by atoms with Gasteiger partial charge in [-0.1, -0.05) is 18.2 Å². The topological polar surface area (TPSA) is 101 Å². The molecule has 0 fully saturated rings. The molecule has 2 N–H and O–H groups in total. The van der Waals surface area contributed by atoms with Crippen LogP contribution < -0.4 is 10.9 Å². The molecule has 0 unspecified atom stereocenters. The van der Waals surface area contributed by atoms with Gasteiger partial charge in [-0.25, -0.2) is 4.68 Å². The monoisotopic (exact) mass is 275 g/mol. The minimum Gasteiger partial charge on any atom is -0.480 e. The average molecular weight is 275 g/mol. The fourth-order valence-corrected chi connectivity index (χ4v) is 1.73. The third-order valence-electron chi connectivity index (χ3n) is 2.80. The first-order chi connectivity index (χ1) is 9.49. The van der Waals surface area contributed by atoms with Crippen LogP contribution in [0.15, 0.2) is 35.3 Å². The first-order valence-corrected chi connectivity index (χ1v) is 5.96. The predicted molar refractivity (Wildman–Crippen MR) is 71.2 cm³/mol. The smallest absolute Gasteiger partial charge is 0.325 e. The Morgan fingerprint density at radius 3 is 2.80 bits per heavy atom. The number of aromatic nitrogens is 2. The standard InChI is InChI=1S/C13H13N3O4/c1-8(13(19)20)15-11(17)7-16-12(18)10-5-3-2-4-9(10)6-14-16/h2-6,8H,7H2,1H3,(H,15,17)(H,19,20)/t8-/m1/s1. The Morgan fingerprint density at radius 2 is 2.10 bits per heavy atom. The summed E-state index contributed by atoms with van der Waals surface area (Å²) in [6.07, 6.45) is 1.49. The Labute approximate surface area is 113 Å².